The molecule has 0 saturated carbocycles. The summed E-state index contributed by atoms with van der Waals surface area (Å²) in [5, 5.41) is 3.99. The first-order valence-corrected chi connectivity index (χ1v) is 7.83. The van der Waals surface area contributed by atoms with Gasteiger partial charge in [0, 0.05) is 25.0 Å². The van der Waals surface area contributed by atoms with Crippen LogP contribution in [0.4, 0.5) is 5.69 Å². The van der Waals surface area contributed by atoms with Gasteiger partial charge in [-0.15, -0.1) is 0 Å². The van der Waals surface area contributed by atoms with Crippen LogP contribution in [0.5, 0.6) is 0 Å². The Bertz CT molecular complexity index is 448. The summed E-state index contributed by atoms with van der Waals surface area (Å²) in [4.78, 5) is 13.7. The van der Waals surface area contributed by atoms with E-state index in [1.807, 2.05) is 24.9 Å². The van der Waals surface area contributed by atoms with Crippen LogP contribution in [0.15, 0.2) is 24.3 Å². The largest absolute Gasteiger partial charge is 0.374 e. The van der Waals surface area contributed by atoms with Crippen molar-refractivity contribution < 1.29 is 4.79 Å². The third-order valence-electron chi connectivity index (χ3n) is 3.28. The summed E-state index contributed by atoms with van der Waals surface area (Å²) in [6, 6.07) is 8.33. The summed E-state index contributed by atoms with van der Waals surface area (Å²) in [5.41, 5.74) is 2.36. The SMILES string of the molecule is CC(C)SCc1cccc(N[C@H]2CCN(C)C2=O)c1. The fraction of sp³-hybridized carbons (Fsp3) is 0.533. The van der Waals surface area contributed by atoms with Gasteiger partial charge < -0.3 is 10.2 Å². The Kier molecular flexibility index (Phi) is 4.75. The van der Waals surface area contributed by atoms with Crippen molar-refractivity contribution in [3.05, 3.63) is 29.8 Å². The Morgan fingerprint density at radius 1 is 1.47 bits per heavy atom. The van der Waals surface area contributed by atoms with Gasteiger partial charge in [0.1, 0.15) is 6.04 Å². The second-order valence-corrected chi connectivity index (χ2v) is 6.87. The summed E-state index contributed by atoms with van der Waals surface area (Å²) >= 11 is 1.93. The molecule has 1 aromatic carbocycles. The molecular weight excluding hydrogens is 256 g/mol. The zero-order chi connectivity index (χ0) is 13.8. The lowest BCUT2D eigenvalue weighted by atomic mass is 10.2. The molecule has 104 valence electrons. The van der Waals surface area contributed by atoms with E-state index in [1.54, 1.807) is 4.90 Å². The summed E-state index contributed by atoms with van der Waals surface area (Å²) in [6.07, 6.45) is 0.889. The second-order valence-electron chi connectivity index (χ2n) is 5.31. The number of amides is 1. The number of hydrogen-bond donors (Lipinski definition) is 1. The first-order valence-electron chi connectivity index (χ1n) is 6.78. The molecule has 3 nitrogen and oxygen atoms in total. The Morgan fingerprint density at radius 3 is 2.89 bits per heavy atom. The average Bonchev–Trinajstić information content (AvgIpc) is 2.69. The van der Waals surface area contributed by atoms with E-state index in [-0.39, 0.29) is 11.9 Å². The highest BCUT2D eigenvalue weighted by atomic mass is 32.2. The van der Waals surface area contributed by atoms with E-state index in [9.17, 15) is 4.79 Å². The lowest BCUT2D eigenvalue weighted by Crippen LogP contribution is -2.30. The minimum absolute atomic E-state index is 0.0574. The molecule has 19 heavy (non-hydrogen) atoms. The number of carbonyl (C=O) groups is 1. The van der Waals surface area contributed by atoms with Gasteiger partial charge in [-0.05, 0) is 29.4 Å². The minimum Gasteiger partial charge on any atom is -0.374 e. The Hall–Kier alpha value is -1.16. The molecule has 1 atom stereocenters. The third kappa shape index (κ3) is 3.90. The molecule has 1 N–H and O–H groups in total. The van der Waals surface area contributed by atoms with Crippen molar-refractivity contribution in [2.24, 2.45) is 0 Å². The summed E-state index contributed by atoms with van der Waals surface area (Å²) in [5.74, 6) is 1.22. The lowest BCUT2D eigenvalue weighted by molar-refractivity contribution is -0.127. The third-order valence-corrected chi connectivity index (χ3v) is 4.45. The second kappa shape index (κ2) is 6.33. The molecule has 0 radical (unpaired) electrons. The van der Waals surface area contributed by atoms with Gasteiger partial charge >= 0.3 is 0 Å². The van der Waals surface area contributed by atoms with Crippen molar-refractivity contribution in [3.63, 3.8) is 0 Å². The number of rotatable bonds is 5. The van der Waals surface area contributed by atoms with Crippen molar-refractivity contribution in [2.45, 2.75) is 37.3 Å². The number of likely N-dealkylation sites (tertiary alicyclic amines) is 1. The van der Waals surface area contributed by atoms with Crippen LogP contribution in [0.3, 0.4) is 0 Å². The monoisotopic (exact) mass is 278 g/mol. The molecule has 0 aromatic heterocycles. The van der Waals surface area contributed by atoms with Crippen LogP contribution in [-0.2, 0) is 10.5 Å². The van der Waals surface area contributed by atoms with Crippen molar-refractivity contribution in [1.82, 2.24) is 4.90 Å². The van der Waals surface area contributed by atoms with Gasteiger partial charge in [0.15, 0.2) is 0 Å². The van der Waals surface area contributed by atoms with Gasteiger partial charge in [-0.2, -0.15) is 11.8 Å². The molecule has 4 heteroatoms. The topological polar surface area (TPSA) is 32.3 Å². The Labute approximate surface area is 119 Å². The highest BCUT2D eigenvalue weighted by molar-refractivity contribution is 7.99. The van der Waals surface area contributed by atoms with Crippen molar-refractivity contribution in [1.29, 1.82) is 0 Å². The molecular formula is C15H22N2OS. The number of anilines is 1. The molecule has 2 rings (SSSR count). The zero-order valence-electron chi connectivity index (χ0n) is 11.8. The van der Waals surface area contributed by atoms with Crippen LogP contribution in [-0.4, -0.2) is 35.7 Å². The van der Waals surface area contributed by atoms with E-state index >= 15 is 0 Å². The minimum atomic E-state index is -0.0574. The van der Waals surface area contributed by atoms with Crippen LogP contribution in [0.25, 0.3) is 0 Å². The Morgan fingerprint density at radius 2 is 2.26 bits per heavy atom. The molecule has 0 bridgehead atoms. The van der Waals surface area contributed by atoms with Gasteiger partial charge in [0.2, 0.25) is 5.91 Å². The maximum Gasteiger partial charge on any atom is 0.244 e. The molecule has 1 aliphatic heterocycles. The number of nitrogens with one attached hydrogen (secondary N) is 1. The van der Waals surface area contributed by atoms with Crippen molar-refractivity contribution >= 4 is 23.4 Å². The first-order chi connectivity index (χ1) is 9.06. The maximum atomic E-state index is 11.9. The normalized spacial score (nSPS) is 19.3. The van der Waals surface area contributed by atoms with Crippen LogP contribution < -0.4 is 5.32 Å². The fourth-order valence-corrected chi connectivity index (χ4v) is 2.88. The molecule has 0 spiro atoms. The molecule has 1 aromatic rings. The van der Waals surface area contributed by atoms with Crippen LogP contribution in [0.2, 0.25) is 0 Å². The fourth-order valence-electron chi connectivity index (χ4n) is 2.17. The first kappa shape index (κ1) is 14.3. The molecule has 1 aliphatic rings. The summed E-state index contributed by atoms with van der Waals surface area (Å²) < 4.78 is 0. The molecule has 1 amide bonds. The number of carbonyl (C=O) groups excluding carboxylic acids is 1. The number of benzene rings is 1. The van der Waals surface area contributed by atoms with Crippen LogP contribution >= 0.6 is 11.8 Å². The van der Waals surface area contributed by atoms with Gasteiger partial charge in [-0.3, -0.25) is 4.79 Å². The average molecular weight is 278 g/mol. The van der Waals surface area contributed by atoms with Crippen LogP contribution in [0.1, 0.15) is 25.8 Å². The van der Waals surface area contributed by atoms with Crippen LogP contribution in [0, 0.1) is 0 Å². The maximum absolute atomic E-state index is 11.9. The van der Waals surface area contributed by atoms with E-state index in [1.165, 1.54) is 5.56 Å². The van der Waals surface area contributed by atoms with E-state index in [0.717, 1.165) is 24.4 Å². The molecule has 1 saturated heterocycles. The lowest BCUT2D eigenvalue weighted by Gasteiger charge is -2.14. The van der Waals surface area contributed by atoms with E-state index < -0.39 is 0 Å². The van der Waals surface area contributed by atoms with E-state index in [4.69, 9.17) is 0 Å². The number of thioether (sulfide) groups is 1. The molecule has 0 unspecified atom stereocenters. The van der Waals surface area contributed by atoms with Crippen molar-refractivity contribution in [2.75, 3.05) is 18.9 Å². The quantitative estimate of drug-likeness (QED) is 0.898. The number of likely N-dealkylation sites (N-methyl/N-ethyl adjacent to an activating group) is 1. The predicted octanol–water partition coefficient (Wildman–Crippen LogP) is 2.97. The highest BCUT2D eigenvalue weighted by Crippen LogP contribution is 2.21. The Balaban J connectivity index is 1.97. The van der Waals surface area contributed by atoms with Gasteiger partial charge in [-0.25, -0.2) is 0 Å². The number of nitrogens with zero attached hydrogens (tertiary/aromatic N) is 1. The smallest absolute Gasteiger partial charge is 0.244 e. The van der Waals surface area contributed by atoms with E-state index in [0.29, 0.717) is 5.25 Å². The molecule has 1 fully saturated rings. The highest BCUT2D eigenvalue weighted by Gasteiger charge is 2.28. The van der Waals surface area contributed by atoms with Crippen molar-refractivity contribution in [3.8, 4) is 0 Å². The summed E-state index contributed by atoms with van der Waals surface area (Å²) in [7, 11) is 1.86. The summed E-state index contributed by atoms with van der Waals surface area (Å²) in [6.45, 7) is 5.26. The zero-order valence-corrected chi connectivity index (χ0v) is 12.7. The van der Waals surface area contributed by atoms with Gasteiger partial charge in [0.05, 0.1) is 0 Å². The molecule has 1 heterocycles. The van der Waals surface area contributed by atoms with E-state index in [2.05, 4.69) is 37.4 Å². The predicted molar refractivity (Wildman–Crippen MR) is 82.5 cm³/mol. The van der Waals surface area contributed by atoms with Gasteiger partial charge in [-0.1, -0.05) is 26.0 Å². The van der Waals surface area contributed by atoms with Gasteiger partial charge in [0.25, 0.3) is 0 Å². The number of hydrogen-bond acceptors (Lipinski definition) is 3. The molecule has 0 aliphatic carbocycles. The standard InChI is InChI=1S/C15H22N2OS/c1-11(2)19-10-12-5-4-6-13(9-12)16-14-7-8-17(3)15(14)18/h4-6,9,11,14,16H,7-8,10H2,1-3H3/t14-/m0/s1.